The first kappa shape index (κ1) is 18.6. The van der Waals surface area contributed by atoms with E-state index in [9.17, 15) is 8.78 Å². The molecule has 0 fully saturated rings. The van der Waals surface area contributed by atoms with Crippen molar-refractivity contribution >= 4 is 34.3 Å². The number of halogens is 3. The molecule has 0 unspecified atom stereocenters. The highest BCUT2D eigenvalue weighted by Gasteiger charge is 2.19. The van der Waals surface area contributed by atoms with Gasteiger partial charge in [-0.15, -0.1) is 10.2 Å². The lowest BCUT2D eigenvalue weighted by molar-refractivity contribution is 0.251. The normalized spacial score (nSPS) is 11.3. The molecular formula is C19H13ClF2N4OS. The predicted molar refractivity (Wildman–Crippen MR) is 104 cm³/mol. The van der Waals surface area contributed by atoms with Crippen LogP contribution in [0.1, 0.15) is 5.82 Å². The molecule has 5 nitrogen and oxygen atoms in total. The first-order valence-corrected chi connectivity index (χ1v) is 9.49. The molecule has 4 aromatic rings. The van der Waals surface area contributed by atoms with Gasteiger partial charge in [0, 0.05) is 22.3 Å². The fraction of sp³-hybridized carbons (Fsp3) is 0.105. The van der Waals surface area contributed by atoms with E-state index in [2.05, 4.69) is 15.2 Å². The SMILES string of the molecule is FC(F)Sc1nnc(COc2cccc3cccnc23)n1-c1ccc(Cl)cc1. The van der Waals surface area contributed by atoms with Crippen LogP contribution in [0.2, 0.25) is 5.02 Å². The second-order valence-electron chi connectivity index (χ2n) is 5.71. The van der Waals surface area contributed by atoms with Crippen molar-refractivity contribution in [3.63, 3.8) is 0 Å². The third kappa shape index (κ3) is 3.93. The lowest BCUT2D eigenvalue weighted by Gasteiger charge is -2.12. The van der Waals surface area contributed by atoms with Crippen molar-refractivity contribution < 1.29 is 13.5 Å². The maximum absolute atomic E-state index is 12.9. The van der Waals surface area contributed by atoms with Gasteiger partial charge in [0.1, 0.15) is 17.9 Å². The second-order valence-corrected chi connectivity index (χ2v) is 7.10. The molecule has 0 aliphatic heterocycles. The molecule has 0 bridgehead atoms. The summed E-state index contributed by atoms with van der Waals surface area (Å²) in [7, 11) is 0. The molecule has 9 heteroatoms. The molecule has 142 valence electrons. The topological polar surface area (TPSA) is 52.8 Å². The van der Waals surface area contributed by atoms with Gasteiger partial charge in [0.15, 0.2) is 5.82 Å². The number of aromatic nitrogens is 4. The van der Waals surface area contributed by atoms with Gasteiger partial charge < -0.3 is 4.74 Å². The van der Waals surface area contributed by atoms with Crippen molar-refractivity contribution in [3.8, 4) is 11.4 Å². The van der Waals surface area contributed by atoms with Gasteiger partial charge in [0.2, 0.25) is 5.16 Å². The summed E-state index contributed by atoms with van der Waals surface area (Å²) >= 11 is 6.26. The fourth-order valence-corrected chi connectivity index (χ4v) is 3.42. The highest BCUT2D eigenvalue weighted by atomic mass is 35.5. The van der Waals surface area contributed by atoms with E-state index in [-0.39, 0.29) is 11.8 Å². The Hall–Kier alpha value is -2.71. The third-order valence-electron chi connectivity index (χ3n) is 3.93. The number of thioether (sulfide) groups is 1. The number of pyridine rings is 1. The maximum Gasteiger partial charge on any atom is 0.291 e. The molecule has 0 atom stereocenters. The minimum atomic E-state index is -2.62. The average Bonchev–Trinajstić information content (AvgIpc) is 3.08. The minimum absolute atomic E-state index is 0.0368. The summed E-state index contributed by atoms with van der Waals surface area (Å²) in [6, 6.07) is 16.1. The molecular weight excluding hydrogens is 406 g/mol. The van der Waals surface area contributed by atoms with E-state index < -0.39 is 5.76 Å². The summed E-state index contributed by atoms with van der Waals surface area (Å²) in [5.74, 6) is -1.66. The second kappa shape index (κ2) is 8.12. The van der Waals surface area contributed by atoms with E-state index >= 15 is 0 Å². The van der Waals surface area contributed by atoms with Gasteiger partial charge in [-0.25, -0.2) is 0 Å². The van der Waals surface area contributed by atoms with Gasteiger partial charge in [0.25, 0.3) is 5.76 Å². The number of para-hydroxylation sites is 1. The number of ether oxygens (including phenoxy) is 1. The van der Waals surface area contributed by atoms with Crippen molar-refractivity contribution in [2.45, 2.75) is 17.5 Å². The number of benzene rings is 2. The number of hydrogen-bond acceptors (Lipinski definition) is 5. The molecule has 0 amide bonds. The van der Waals surface area contributed by atoms with E-state index in [0.717, 1.165) is 5.39 Å². The van der Waals surface area contributed by atoms with E-state index in [0.29, 0.717) is 39.6 Å². The van der Waals surface area contributed by atoms with Gasteiger partial charge in [0.05, 0.1) is 0 Å². The molecule has 0 N–H and O–H groups in total. The summed E-state index contributed by atoms with van der Waals surface area (Å²) < 4.78 is 33.3. The van der Waals surface area contributed by atoms with Crippen LogP contribution < -0.4 is 4.74 Å². The van der Waals surface area contributed by atoms with Crippen LogP contribution in [0, 0.1) is 0 Å². The zero-order valence-electron chi connectivity index (χ0n) is 14.3. The highest BCUT2D eigenvalue weighted by Crippen LogP contribution is 2.29. The average molecular weight is 419 g/mol. The molecule has 2 heterocycles. The zero-order chi connectivity index (χ0) is 19.5. The monoisotopic (exact) mass is 418 g/mol. The molecule has 2 aromatic carbocycles. The van der Waals surface area contributed by atoms with Crippen LogP contribution in [0.5, 0.6) is 5.75 Å². The van der Waals surface area contributed by atoms with Crippen LogP contribution in [0.4, 0.5) is 8.78 Å². The fourth-order valence-electron chi connectivity index (χ4n) is 2.73. The summed E-state index contributed by atoms with van der Waals surface area (Å²) in [6.45, 7) is 0.0368. The van der Waals surface area contributed by atoms with E-state index in [4.69, 9.17) is 16.3 Å². The van der Waals surface area contributed by atoms with Crippen LogP contribution in [0.25, 0.3) is 16.6 Å². The van der Waals surface area contributed by atoms with Gasteiger partial charge in [-0.3, -0.25) is 9.55 Å². The smallest absolute Gasteiger partial charge is 0.291 e. The van der Waals surface area contributed by atoms with Crippen molar-refractivity contribution in [3.05, 3.63) is 71.6 Å². The van der Waals surface area contributed by atoms with Crippen LogP contribution in [-0.2, 0) is 6.61 Å². The molecule has 28 heavy (non-hydrogen) atoms. The van der Waals surface area contributed by atoms with Gasteiger partial charge in [-0.1, -0.05) is 29.8 Å². The molecule has 0 radical (unpaired) electrons. The van der Waals surface area contributed by atoms with E-state index in [1.807, 2.05) is 24.3 Å². The Morgan fingerprint density at radius 3 is 2.61 bits per heavy atom. The lowest BCUT2D eigenvalue weighted by Crippen LogP contribution is -2.07. The van der Waals surface area contributed by atoms with Crippen molar-refractivity contribution in [2.75, 3.05) is 0 Å². The van der Waals surface area contributed by atoms with Crippen LogP contribution in [-0.4, -0.2) is 25.5 Å². The first-order valence-electron chi connectivity index (χ1n) is 8.23. The Bertz CT molecular complexity index is 1100. The quantitative estimate of drug-likeness (QED) is 0.394. The number of alkyl halides is 2. The van der Waals surface area contributed by atoms with E-state index in [1.165, 1.54) is 4.57 Å². The molecule has 4 rings (SSSR count). The molecule has 0 saturated heterocycles. The lowest BCUT2D eigenvalue weighted by atomic mass is 10.2. The highest BCUT2D eigenvalue weighted by molar-refractivity contribution is 7.99. The number of rotatable bonds is 6. The van der Waals surface area contributed by atoms with Gasteiger partial charge in [-0.05, 0) is 48.2 Å². The Labute approximate surface area is 168 Å². The van der Waals surface area contributed by atoms with Crippen LogP contribution in [0.15, 0.2) is 66.0 Å². The Kier molecular flexibility index (Phi) is 5.40. The number of fused-ring (bicyclic) bond motifs is 1. The van der Waals surface area contributed by atoms with Gasteiger partial charge >= 0.3 is 0 Å². The first-order chi connectivity index (χ1) is 13.6. The summed E-state index contributed by atoms with van der Waals surface area (Å²) in [5, 5.41) is 9.50. The van der Waals surface area contributed by atoms with Crippen molar-refractivity contribution in [2.24, 2.45) is 0 Å². The van der Waals surface area contributed by atoms with Crippen molar-refractivity contribution in [1.29, 1.82) is 0 Å². The predicted octanol–water partition coefficient (Wildman–Crippen LogP) is 5.36. The molecule has 0 aliphatic carbocycles. The molecule has 0 aliphatic rings. The van der Waals surface area contributed by atoms with Crippen LogP contribution >= 0.6 is 23.4 Å². The Morgan fingerprint density at radius 1 is 1.04 bits per heavy atom. The summed E-state index contributed by atoms with van der Waals surface area (Å²) in [4.78, 5) is 4.34. The van der Waals surface area contributed by atoms with Crippen LogP contribution in [0.3, 0.4) is 0 Å². The third-order valence-corrected chi connectivity index (χ3v) is 4.84. The molecule has 2 aromatic heterocycles. The number of nitrogens with zero attached hydrogens (tertiary/aromatic N) is 4. The maximum atomic E-state index is 12.9. The molecule has 0 spiro atoms. The standard InChI is InChI=1S/C19H13ClF2N4OS/c20-13-6-8-14(9-7-13)26-16(24-25-19(26)28-18(21)22)11-27-15-5-1-3-12-4-2-10-23-17(12)15/h1-10,18H,11H2. The Balaban J connectivity index is 1.67. The van der Waals surface area contributed by atoms with Crippen molar-refractivity contribution in [1.82, 2.24) is 19.7 Å². The summed E-state index contributed by atoms with van der Waals surface area (Å²) in [5.41, 5.74) is 1.33. The number of hydrogen-bond donors (Lipinski definition) is 0. The summed E-state index contributed by atoms with van der Waals surface area (Å²) in [6.07, 6.45) is 1.68. The van der Waals surface area contributed by atoms with Gasteiger partial charge in [-0.2, -0.15) is 8.78 Å². The zero-order valence-corrected chi connectivity index (χ0v) is 15.9. The Morgan fingerprint density at radius 2 is 1.82 bits per heavy atom. The van der Waals surface area contributed by atoms with E-state index in [1.54, 1.807) is 36.5 Å². The minimum Gasteiger partial charge on any atom is -0.483 e. The molecule has 0 saturated carbocycles. The largest absolute Gasteiger partial charge is 0.483 e.